The lowest BCUT2D eigenvalue weighted by Gasteiger charge is -2.20. The Morgan fingerprint density at radius 1 is 0.625 bits per heavy atom. The first-order chi connectivity index (χ1) is 7.72. The normalized spacial score (nSPS) is 12.1. The number of halogens is 2. The van der Waals surface area contributed by atoms with E-state index in [1.165, 1.54) is 0 Å². The number of hydrogen-bond acceptors (Lipinski definition) is 2. The van der Waals surface area contributed by atoms with Crippen LogP contribution < -0.4 is 9.47 Å². The van der Waals surface area contributed by atoms with E-state index in [0.29, 0.717) is 0 Å². The molecule has 1 aliphatic rings. The summed E-state index contributed by atoms with van der Waals surface area (Å²) in [6.45, 7) is 0. The first-order valence-electron chi connectivity index (χ1n) is 4.67. The second kappa shape index (κ2) is 3.79. The quantitative estimate of drug-likeness (QED) is 0.565. The SMILES string of the molecule is Brc1ccc2c(c1)Oc1cc(Br)ccc1O2. The number of ether oxygens (including phenoxy) is 2. The fourth-order valence-electron chi connectivity index (χ4n) is 1.53. The maximum Gasteiger partial charge on any atom is 0.171 e. The average molecular weight is 342 g/mol. The standard InChI is InChI=1S/C12H6Br2O2/c13-7-1-3-9-11(5-7)16-12-6-8(14)2-4-10(12)15-9/h1-6H. The monoisotopic (exact) mass is 340 g/mol. The van der Waals surface area contributed by atoms with Crippen LogP contribution >= 0.6 is 31.9 Å². The van der Waals surface area contributed by atoms with Crippen molar-refractivity contribution in [3.8, 4) is 23.0 Å². The fraction of sp³-hybridized carbons (Fsp3) is 0. The number of fused-ring (bicyclic) bond motifs is 2. The minimum absolute atomic E-state index is 0.722. The van der Waals surface area contributed by atoms with Crippen molar-refractivity contribution in [3.63, 3.8) is 0 Å². The molecule has 0 unspecified atom stereocenters. The Morgan fingerprint density at radius 2 is 1.06 bits per heavy atom. The maximum atomic E-state index is 5.75. The van der Waals surface area contributed by atoms with Gasteiger partial charge in [-0.3, -0.25) is 0 Å². The van der Waals surface area contributed by atoms with Crippen LogP contribution in [0.15, 0.2) is 45.3 Å². The number of hydrogen-bond donors (Lipinski definition) is 0. The minimum Gasteiger partial charge on any atom is -0.450 e. The molecule has 0 aromatic heterocycles. The highest BCUT2D eigenvalue weighted by Crippen LogP contribution is 2.46. The summed E-state index contributed by atoms with van der Waals surface area (Å²) in [5.74, 6) is 2.91. The summed E-state index contributed by atoms with van der Waals surface area (Å²) in [5, 5.41) is 0. The third-order valence-corrected chi connectivity index (χ3v) is 3.24. The molecule has 1 aliphatic heterocycles. The lowest BCUT2D eigenvalue weighted by atomic mass is 10.2. The first-order valence-corrected chi connectivity index (χ1v) is 6.26. The van der Waals surface area contributed by atoms with E-state index in [-0.39, 0.29) is 0 Å². The van der Waals surface area contributed by atoms with Crippen molar-refractivity contribution in [2.45, 2.75) is 0 Å². The minimum atomic E-state index is 0.722. The van der Waals surface area contributed by atoms with Crippen LogP contribution in [-0.4, -0.2) is 0 Å². The van der Waals surface area contributed by atoms with Gasteiger partial charge in [-0.05, 0) is 36.4 Å². The Bertz CT molecular complexity index is 517. The van der Waals surface area contributed by atoms with Gasteiger partial charge in [-0.1, -0.05) is 31.9 Å². The maximum absolute atomic E-state index is 5.75. The van der Waals surface area contributed by atoms with Gasteiger partial charge in [-0.25, -0.2) is 0 Å². The van der Waals surface area contributed by atoms with E-state index in [0.717, 1.165) is 31.9 Å². The Hall–Kier alpha value is -1.00. The molecule has 3 rings (SSSR count). The van der Waals surface area contributed by atoms with E-state index in [4.69, 9.17) is 9.47 Å². The van der Waals surface area contributed by atoms with Gasteiger partial charge >= 0.3 is 0 Å². The average Bonchev–Trinajstić information content (AvgIpc) is 2.26. The molecule has 0 radical (unpaired) electrons. The second-order valence-electron chi connectivity index (χ2n) is 3.39. The van der Waals surface area contributed by atoms with Crippen LogP contribution in [0.2, 0.25) is 0 Å². The number of rotatable bonds is 0. The summed E-state index contributed by atoms with van der Waals surface area (Å²) in [5.41, 5.74) is 0. The van der Waals surface area contributed by atoms with E-state index in [9.17, 15) is 0 Å². The molecule has 0 N–H and O–H groups in total. The molecular weight excluding hydrogens is 336 g/mol. The highest BCUT2D eigenvalue weighted by atomic mass is 79.9. The molecule has 1 heterocycles. The molecule has 0 aliphatic carbocycles. The summed E-state index contributed by atoms with van der Waals surface area (Å²) in [7, 11) is 0. The highest BCUT2D eigenvalue weighted by Gasteiger charge is 2.18. The predicted molar refractivity (Wildman–Crippen MR) is 68.4 cm³/mol. The molecule has 0 atom stereocenters. The molecule has 80 valence electrons. The molecule has 0 amide bonds. The van der Waals surface area contributed by atoms with Gasteiger partial charge < -0.3 is 9.47 Å². The van der Waals surface area contributed by atoms with Crippen LogP contribution in [0.1, 0.15) is 0 Å². The number of benzene rings is 2. The topological polar surface area (TPSA) is 18.5 Å². The molecule has 4 heteroatoms. The zero-order valence-electron chi connectivity index (χ0n) is 8.04. The van der Waals surface area contributed by atoms with Crippen LogP contribution in [0.4, 0.5) is 0 Å². The van der Waals surface area contributed by atoms with Crippen molar-refractivity contribution >= 4 is 31.9 Å². The molecule has 0 spiro atoms. The van der Waals surface area contributed by atoms with E-state index < -0.39 is 0 Å². The van der Waals surface area contributed by atoms with Crippen LogP contribution in [-0.2, 0) is 0 Å². The Kier molecular flexibility index (Phi) is 2.41. The van der Waals surface area contributed by atoms with Gasteiger partial charge in [0, 0.05) is 8.95 Å². The van der Waals surface area contributed by atoms with Gasteiger partial charge in [0.05, 0.1) is 0 Å². The van der Waals surface area contributed by atoms with E-state index in [1.807, 2.05) is 36.4 Å². The van der Waals surface area contributed by atoms with E-state index in [1.54, 1.807) is 0 Å². The predicted octanol–water partition coefficient (Wildman–Crippen LogP) is 5.11. The lowest BCUT2D eigenvalue weighted by molar-refractivity contribution is 0.359. The Labute approximate surface area is 109 Å². The molecular formula is C12H6Br2O2. The summed E-state index contributed by atoms with van der Waals surface area (Å²) in [6.07, 6.45) is 0. The van der Waals surface area contributed by atoms with Gasteiger partial charge in [0.2, 0.25) is 0 Å². The van der Waals surface area contributed by atoms with Gasteiger partial charge in [0.1, 0.15) is 0 Å². The van der Waals surface area contributed by atoms with E-state index >= 15 is 0 Å². The summed E-state index contributed by atoms with van der Waals surface area (Å²) in [6, 6.07) is 11.4. The molecule has 0 saturated carbocycles. The Balaban J connectivity index is 2.10. The van der Waals surface area contributed by atoms with Crippen molar-refractivity contribution in [1.82, 2.24) is 0 Å². The third kappa shape index (κ3) is 1.72. The molecule has 0 saturated heterocycles. The zero-order chi connectivity index (χ0) is 11.1. The molecule has 2 aromatic rings. The van der Waals surface area contributed by atoms with Crippen molar-refractivity contribution in [2.24, 2.45) is 0 Å². The summed E-state index contributed by atoms with van der Waals surface area (Å²) >= 11 is 6.80. The van der Waals surface area contributed by atoms with Crippen LogP contribution in [0, 0.1) is 0 Å². The van der Waals surface area contributed by atoms with Gasteiger partial charge in [0.15, 0.2) is 23.0 Å². The molecule has 0 fully saturated rings. The fourth-order valence-corrected chi connectivity index (χ4v) is 2.21. The van der Waals surface area contributed by atoms with Crippen molar-refractivity contribution in [3.05, 3.63) is 45.3 Å². The molecule has 2 nitrogen and oxygen atoms in total. The summed E-state index contributed by atoms with van der Waals surface area (Å²) < 4.78 is 13.4. The van der Waals surface area contributed by atoms with Crippen molar-refractivity contribution < 1.29 is 9.47 Å². The van der Waals surface area contributed by atoms with Gasteiger partial charge in [0.25, 0.3) is 0 Å². The Morgan fingerprint density at radius 3 is 1.56 bits per heavy atom. The molecule has 16 heavy (non-hydrogen) atoms. The van der Waals surface area contributed by atoms with Crippen molar-refractivity contribution in [1.29, 1.82) is 0 Å². The first kappa shape index (κ1) is 10.2. The molecule has 2 aromatic carbocycles. The van der Waals surface area contributed by atoms with Crippen molar-refractivity contribution in [2.75, 3.05) is 0 Å². The summed E-state index contributed by atoms with van der Waals surface area (Å²) in [4.78, 5) is 0. The van der Waals surface area contributed by atoms with Crippen LogP contribution in [0.3, 0.4) is 0 Å². The lowest BCUT2D eigenvalue weighted by Crippen LogP contribution is -1.98. The van der Waals surface area contributed by atoms with Crippen LogP contribution in [0.25, 0.3) is 0 Å². The zero-order valence-corrected chi connectivity index (χ0v) is 11.2. The largest absolute Gasteiger partial charge is 0.450 e. The molecule has 0 bridgehead atoms. The second-order valence-corrected chi connectivity index (χ2v) is 5.22. The third-order valence-electron chi connectivity index (χ3n) is 2.25. The van der Waals surface area contributed by atoms with E-state index in [2.05, 4.69) is 31.9 Å². The van der Waals surface area contributed by atoms with Crippen LogP contribution in [0.5, 0.6) is 23.0 Å². The van der Waals surface area contributed by atoms with Gasteiger partial charge in [-0.2, -0.15) is 0 Å². The highest BCUT2D eigenvalue weighted by molar-refractivity contribution is 9.10. The smallest absolute Gasteiger partial charge is 0.171 e. The van der Waals surface area contributed by atoms with Gasteiger partial charge in [-0.15, -0.1) is 0 Å².